The van der Waals surface area contributed by atoms with E-state index in [0.29, 0.717) is 19.8 Å². The summed E-state index contributed by atoms with van der Waals surface area (Å²) in [7, 11) is 0. The lowest BCUT2D eigenvalue weighted by Gasteiger charge is -2.20. The predicted octanol–water partition coefficient (Wildman–Crippen LogP) is 4.70. The first-order valence-electron chi connectivity index (χ1n) is 11.0. The first-order valence-corrected chi connectivity index (χ1v) is 11.0. The number of aromatic amines is 1. The van der Waals surface area contributed by atoms with Gasteiger partial charge in [-0.25, -0.2) is 9.98 Å². The molecule has 0 fully saturated rings. The Bertz CT molecular complexity index is 1010. The fourth-order valence-corrected chi connectivity index (χ4v) is 3.28. The number of benzene rings is 2. The Morgan fingerprint density at radius 1 is 1.06 bits per heavy atom. The molecule has 1 heterocycles. The molecule has 1 aromatic heterocycles. The molecule has 178 valence electrons. The van der Waals surface area contributed by atoms with Gasteiger partial charge in [-0.15, -0.1) is 24.0 Å². The number of nitrogens with one attached hydrogen (secondary N) is 3. The zero-order valence-corrected chi connectivity index (χ0v) is 21.9. The van der Waals surface area contributed by atoms with Crippen LogP contribution in [0.2, 0.25) is 0 Å². The molecule has 33 heavy (non-hydrogen) atoms. The van der Waals surface area contributed by atoms with Gasteiger partial charge >= 0.3 is 0 Å². The van der Waals surface area contributed by atoms with Gasteiger partial charge in [0.25, 0.3) is 0 Å². The second-order valence-electron chi connectivity index (χ2n) is 7.17. The van der Waals surface area contributed by atoms with Gasteiger partial charge in [-0.2, -0.15) is 5.10 Å². The fourth-order valence-electron chi connectivity index (χ4n) is 3.28. The van der Waals surface area contributed by atoms with Crippen LogP contribution in [0.4, 0.5) is 0 Å². The maximum Gasteiger partial charge on any atom is 0.192 e. The molecule has 3 N–H and O–H groups in total. The molecule has 0 bridgehead atoms. The average Bonchev–Trinajstić information content (AvgIpc) is 3.34. The van der Waals surface area contributed by atoms with E-state index in [0.717, 1.165) is 46.5 Å². The number of aromatic nitrogens is 3. The summed E-state index contributed by atoms with van der Waals surface area (Å²) >= 11 is 0. The molecule has 3 aromatic rings. The molecule has 8 nitrogen and oxygen atoms in total. The summed E-state index contributed by atoms with van der Waals surface area (Å²) in [5, 5.41) is 13.6. The molecule has 3 rings (SSSR count). The highest BCUT2D eigenvalue weighted by Crippen LogP contribution is 2.30. The Kier molecular flexibility index (Phi) is 10.9. The third-order valence-electron chi connectivity index (χ3n) is 4.80. The largest absolute Gasteiger partial charge is 0.490 e. The lowest BCUT2D eigenvalue weighted by atomic mass is 10.1. The van der Waals surface area contributed by atoms with Crippen molar-refractivity contribution in [3.05, 3.63) is 59.9 Å². The summed E-state index contributed by atoms with van der Waals surface area (Å²) in [5.41, 5.74) is 3.16. The summed E-state index contributed by atoms with van der Waals surface area (Å²) < 4.78 is 11.4. The van der Waals surface area contributed by atoms with Gasteiger partial charge in [-0.1, -0.05) is 24.3 Å². The van der Waals surface area contributed by atoms with E-state index in [1.54, 1.807) is 0 Å². The maximum absolute atomic E-state index is 5.77. The Morgan fingerprint density at radius 3 is 2.55 bits per heavy atom. The van der Waals surface area contributed by atoms with Gasteiger partial charge in [-0.3, -0.25) is 5.10 Å². The standard InChI is InChI=1S/C24H32N6O2.HI/c1-5-25-24(26-15-18-9-8-10-20(13-18)23-27-16-28-30-23)29-17(4)19-11-12-21(31-6-2)22(14-19)32-7-3;/h8-14,16-17H,5-7,15H2,1-4H3,(H2,25,26,29)(H,27,28,30);1H. The number of hydrogen-bond acceptors (Lipinski definition) is 5. The van der Waals surface area contributed by atoms with Crippen molar-refractivity contribution in [2.45, 2.75) is 40.3 Å². The van der Waals surface area contributed by atoms with Gasteiger partial charge in [0.1, 0.15) is 6.33 Å². The minimum Gasteiger partial charge on any atom is -0.490 e. The predicted molar refractivity (Wildman–Crippen MR) is 142 cm³/mol. The van der Waals surface area contributed by atoms with Crippen LogP contribution in [0.3, 0.4) is 0 Å². The second-order valence-corrected chi connectivity index (χ2v) is 7.17. The monoisotopic (exact) mass is 564 g/mol. The van der Waals surface area contributed by atoms with E-state index >= 15 is 0 Å². The van der Waals surface area contributed by atoms with Gasteiger partial charge in [0.05, 0.1) is 25.8 Å². The number of nitrogens with zero attached hydrogens (tertiary/aromatic N) is 3. The van der Waals surface area contributed by atoms with Crippen LogP contribution in [-0.4, -0.2) is 40.9 Å². The van der Waals surface area contributed by atoms with Crippen molar-refractivity contribution in [2.75, 3.05) is 19.8 Å². The topological polar surface area (TPSA) is 96.5 Å². The molecule has 0 saturated carbocycles. The number of aliphatic imine (C=N–C) groups is 1. The first kappa shape index (κ1) is 26.4. The SMILES string of the molecule is CCNC(=NCc1cccc(-c2ncn[nH]2)c1)NC(C)c1ccc(OCC)c(OCC)c1.I. The zero-order chi connectivity index (χ0) is 22.8. The number of hydrogen-bond donors (Lipinski definition) is 3. The first-order chi connectivity index (χ1) is 15.6. The molecule has 2 aromatic carbocycles. The molecule has 1 atom stereocenters. The van der Waals surface area contributed by atoms with E-state index in [1.807, 2.05) is 38.1 Å². The summed E-state index contributed by atoms with van der Waals surface area (Å²) in [6.45, 7) is 10.6. The number of halogens is 1. The minimum absolute atomic E-state index is 0. The average molecular weight is 564 g/mol. The normalized spacial score (nSPS) is 11.9. The van der Waals surface area contributed by atoms with Gasteiger partial charge < -0.3 is 20.1 Å². The highest BCUT2D eigenvalue weighted by atomic mass is 127. The Morgan fingerprint density at radius 2 is 1.85 bits per heavy atom. The highest BCUT2D eigenvalue weighted by Gasteiger charge is 2.12. The van der Waals surface area contributed by atoms with Crippen LogP contribution in [0.25, 0.3) is 11.4 Å². The molecule has 0 radical (unpaired) electrons. The Hall–Kier alpha value is -2.82. The number of rotatable bonds is 10. The summed E-state index contributed by atoms with van der Waals surface area (Å²) in [5.74, 6) is 3.01. The third kappa shape index (κ3) is 7.62. The number of ether oxygens (including phenoxy) is 2. The van der Waals surface area contributed by atoms with Crippen molar-refractivity contribution in [1.82, 2.24) is 25.8 Å². The molecule has 0 aliphatic heterocycles. The van der Waals surface area contributed by atoms with Crippen molar-refractivity contribution in [2.24, 2.45) is 4.99 Å². The van der Waals surface area contributed by atoms with E-state index < -0.39 is 0 Å². The molecular formula is C24H33IN6O2. The molecule has 0 saturated heterocycles. The molecule has 0 amide bonds. The second kappa shape index (κ2) is 13.7. The maximum atomic E-state index is 5.77. The van der Waals surface area contributed by atoms with Crippen LogP contribution < -0.4 is 20.1 Å². The molecular weight excluding hydrogens is 531 g/mol. The molecule has 0 aliphatic rings. The van der Waals surface area contributed by atoms with Crippen LogP contribution in [0.1, 0.15) is 44.9 Å². The van der Waals surface area contributed by atoms with E-state index in [4.69, 9.17) is 14.5 Å². The zero-order valence-electron chi connectivity index (χ0n) is 19.6. The van der Waals surface area contributed by atoms with Crippen molar-refractivity contribution < 1.29 is 9.47 Å². The molecule has 9 heteroatoms. The van der Waals surface area contributed by atoms with E-state index in [1.165, 1.54) is 6.33 Å². The van der Waals surface area contributed by atoms with Crippen LogP contribution in [0, 0.1) is 0 Å². The van der Waals surface area contributed by atoms with E-state index in [2.05, 4.69) is 57.9 Å². The van der Waals surface area contributed by atoms with Crippen molar-refractivity contribution >= 4 is 29.9 Å². The van der Waals surface area contributed by atoms with Gasteiger partial charge in [-0.05, 0) is 57.0 Å². The number of guanidine groups is 1. The molecule has 1 unspecified atom stereocenters. The van der Waals surface area contributed by atoms with Crippen molar-refractivity contribution in [3.8, 4) is 22.9 Å². The van der Waals surface area contributed by atoms with E-state index in [-0.39, 0.29) is 30.0 Å². The lowest BCUT2D eigenvalue weighted by molar-refractivity contribution is 0.287. The smallest absolute Gasteiger partial charge is 0.192 e. The van der Waals surface area contributed by atoms with Crippen LogP contribution in [-0.2, 0) is 6.54 Å². The van der Waals surface area contributed by atoms with Crippen molar-refractivity contribution in [3.63, 3.8) is 0 Å². The lowest BCUT2D eigenvalue weighted by Crippen LogP contribution is -2.38. The summed E-state index contributed by atoms with van der Waals surface area (Å²) in [6, 6.07) is 14.2. The quantitative estimate of drug-likeness (QED) is 0.188. The van der Waals surface area contributed by atoms with Crippen molar-refractivity contribution in [1.29, 1.82) is 0 Å². The Balaban J connectivity index is 0.00000385. The van der Waals surface area contributed by atoms with Gasteiger partial charge in [0.15, 0.2) is 23.3 Å². The molecule has 0 aliphatic carbocycles. The van der Waals surface area contributed by atoms with Crippen LogP contribution >= 0.6 is 24.0 Å². The fraction of sp³-hybridized carbons (Fsp3) is 0.375. The summed E-state index contributed by atoms with van der Waals surface area (Å²) in [6.07, 6.45) is 1.51. The molecule has 0 spiro atoms. The van der Waals surface area contributed by atoms with Gasteiger partial charge in [0.2, 0.25) is 0 Å². The van der Waals surface area contributed by atoms with Crippen LogP contribution in [0.15, 0.2) is 53.8 Å². The summed E-state index contributed by atoms with van der Waals surface area (Å²) in [4.78, 5) is 8.99. The van der Waals surface area contributed by atoms with E-state index in [9.17, 15) is 0 Å². The minimum atomic E-state index is 0. The Labute approximate surface area is 212 Å². The van der Waals surface area contributed by atoms with Gasteiger partial charge in [0, 0.05) is 12.1 Å². The third-order valence-corrected chi connectivity index (χ3v) is 4.80. The number of H-pyrrole nitrogens is 1. The van der Waals surface area contributed by atoms with Crippen LogP contribution in [0.5, 0.6) is 11.5 Å². The highest BCUT2D eigenvalue weighted by molar-refractivity contribution is 14.0.